The molecule has 2 amide bonds. The third-order valence-corrected chi connectivity index (χ3v) is 5.69. The third-order valence-electron chi connectivity index (χ3n) is 5.44. The molecule has 4 nitrogen and oxygen atoms in total. The first kappa shape index (κ1) is 22.3. The number of nitrogens with zero attached hydrogens (tertiary/aromatic N) is 1. The maximum absolute atomic E-state index is 13.0. The van der Waals surface area contributed by atoms with Gasteiger partial charge in [0.15, 0.2) is 0 Å². The van der Waals surface area contributed by atoms with Crippen LogP contribution in [-0.4, -0.2) is 18.9 Å². The van der Waals surface area contributed by atoms with Gasteiger partial charge in [0, 0.05) is 34.6 Å². The van der Waals surface area contributed by atoms with Gasteiger partial charge in [-0.1, -0.05) is 59.6 Å². The lowest BCUT2D eigenvalue weighted by atomic mass is 9.98. The second kappa shape index (κ2) is 9.72. The summed E-state index contributed by atoms with van der Waals surface area (Å²) in [6.45, 7) is 2.03. The highest BCUT2D eigenvalue weighted by Gasteiger charge is 2.15. The van der Waals surface area contributed by atoms with Crippen molar-refractivity contribution in [1.29, 1.82) is 0 Å². The van der Waals surface area contributed by atoms with Crippen molar-refractivity contribution in [3.63, 3.8) is 0 Å². The van der Waals surface area contributed by atoms with Crippen LogP contribution >= 0.6 is 11.6 Å². The molecule has 0 unspecified atom stereocenters. The van der Waals surface area contributed by atoms with Crippen molar-refractivity contribution in [2.45, 2.75) is 6.92 Å². The highest BCUT2D eigenvalue weighted by molar-refractivity contribution is 6.30. The molecule has 0 spiro atoms. The molecule has 1 N–H and O–H groups in total. The van der Waals surface area contributed by atoms with Crippen LogP contribution in [0.2, 0.25) is 5.02 Å². The van der Waals surface area contributed by atoms with Crippen molar-refractivity contribution < 1.29 is 9.59 Å². The van der Waals surface area contributed by atoms with E-state index in [4.69, 9.17) is 11.6 Å². The van der Waals surface area contributed by atoms with Gasteiger partial charge in [0.1, 0.15) is 0 Å². The van der Waals surface area contributed by atoms with Gasteiger partial charge in [-0.05, 0) is 72.6 Å². The number of rotatable bonds is 5. The summed E-state index contributed by atoms with van der Waals surface area (Å²) in [6, 6.07) is 29.5. The number of hydrogen-bond donors (Lipinski definition) is 1. The van der Waals surface area contributed by atoms with Crippen molar-refractivity contribution in [3.05, 3.63) is 119 Å². The van der Waals surface area contributed by atoms with Gasteiger partial charge in [0.2, 0.25) is 0 Å². The van der Waals surface area contributed by atoms with Gasteiger partial charge < -0.3 is 10.2 Å². The SMILES string of the molecule is Cc1ccc(-c2ccccc2C(=O)Nc2ccc(C(=O)N(C)c3ccc(Cl)cc3)cc2)cc1. The Balaban J connectivity index is 1.49. The van der Waals surface area contributed by atoms with E-state index in [1.54, 1.807) is 60.5 Å². The quantitative estimate of drug-likeness (QED) is 0.358. The maximum Gasteiger partial charge on any atom is 0.258 e. The zero-order valence-corrected chi connectivity index (χ0v) is 19.1. The van der Waals surface area contributed by atoms with E-state index in [2.05, 4.69) is 5.32 Å². The predicted octanol–water partition coefficient (Wildman–Crippen LogP) is 6.84. The van der Waals surface area contributed by atoms with E-state index >= 15 is 0 Å². The average Bonchev–Trinajstić information content (AvgIpc) is 2.84. The second-order valence-electron chi connectivity index (χ2n) is 7.78. The number of aryl methyl sites for hydroxylation is 1. The molecule has 33 heavy (non-hydrogen) atoms. The number of benzene rings is 4. The van der Waals surface area contributed by atoms with E-state index in [9.17, 15) is 9.59 Å². The summed E-state index contributed by atoms with van der Waals surface area (Å²) in [5.41, 5.74) is 5.48. The number of halogens is 1. The van der Waals surface area contributed by atoms with E-state index in [-0.39, 0.29) is 11.8 Å². The van der Waals surface area contributed by atoms with E-state index in [0.717, 1.165) is 22.4 Å². The first-order valence-electron chi connectivity index (χ1n) is 10.5. The molecule has 0 saturated carbocycles. The van der Waals surface area contributed by atoms with Crippen LogP contribution in [0.15, 0.2) is 97.1 Å². The summed E-state index contributed by atoms with van der Waals surface area (Å²) in [5, 5.41) is 3.55. The molecule has 0 aliphatic carbocycles. The third kappa shape index (κ3) is 5.13. The van der Waals surface area contributed by atoms with Crippen LogP contribution in [-0.2, 0) is 0 Å². The van der Waals surface area contributed by atoms with Gasteiger partial charge in [0.05, 0.1) is 0 Å². The Morgan fingerprint density at radius 2 is 1.42 bits per heavy atom. The lowest BCUT2D eigenvalue weighted by Crippen LogP contribution is -2.26. The van der Waals surface area contributed by atoms with E-state index in [0.29, 0.717) is 21.8 Å². The van der Waals surface area contributed by atoms with Crippen LogP contribution in [0.4, 0.5) is 11.4 Å². The highest BCUT2D eigenvalue weighted by Crippen LogP contribution is 2.25. The molecule has 0 aromatic heterocycles. The lowest BCUT2D eigenvalue weighted by molar-refractivity contribution is 0.0991. The van der Waals surface area contributed by atoms with Crippen LogP contribution in [0, 0.1) is 6.92 Å². The molecule has 0 heterocycles. The molecule has 4 rings (SSSR count). The van der Waals surface area contributed by atoms with Crippen LogP contribution < -0.4 is 10.2 Å². The van der Waals surface area contributed by atoms with Gasteiger partial charge >= 0.3 is 0 Å². The second-order valence-corrected chi connectivity index (χ2v) is 8.22. The Labute approximate surface area is 198 Å². The van der Waals surface area contributed by atoms with Gasteiger partial charge in [0.25, 0.3) is 11.8 Å². The minimum Gasteiger partial charge on any atom is -0.322 e. The van der Waals surface area contributed by atoms with Gasteiger partial charge in [-0.15, -0.1) is 0 Å². The summed E-state index contributed by atoms with van der Waals surface area (Å²) in [7, 11) is 1.71. The molecule has 0 saturated heterocycles. The number of amides is 2. The Morgan fingerprint density at radius 1 is 0.788 bits per heavy atom. The molecule has 0 aliphatic rings. The molecule has 4 aromatic rings. The minimum absolute atomic E-state index is 0.153. The summed E-state index contributed by atoms with van der Waals surface area (Å²) in [5.74, 6) is -0.358. The summed E-state index contributed by atoms with van der Waals surface area (Å²) in [4.78, 5) is 27.4. The molecular formula is C28H23ClN2O2. The summed E-state index contributed by atoms with van der Waals surface area (Å²) >= 11 is 5.93. The largest absolute Gasteiger partial charge is 0.322 e. The fourth-order valence-corrected chi connectivity index (χ4v) is 3.66. The molecule has 0 bridgehead atoms. The smallest absolute Gasteiger partial charge is 0.258 e. The number of anilines is 2. The first-order valence-corrected chi connectivity index (χ1v) is 10.9. The molecule has 0 radical (unpaired) electrons. The number of carbonyl (C=O) groups is 2. The lowest BCUT2D eigenvalue weighted by Gasteiger charge is -2.17. The number of carbonyl (C=O) groups excluding carboxylic acids is 2. The van der Waals surface area contributed by atoms with Crippen molar-refractivity contribution in [2.75, 3.05) is 17.3 Å². The Bertz CT molecular complexity index is 1280. The zero-order chi connectivity index (χ0) is 23.4. The van der Waals surface area contributed by atoms with Gasteiger partial charge in [-0.25, -0.2) is 0 Å². The molecule has 5 heteroatoms. The summed E-state index contributed by atoms with van der Waals surface area (Å²) in [6.07, 6.45) is 0. The van der Waals surface area contributed by atoms with Crippen molar-refractivity contribution in [2.24, 2.45) is 0 Å². The van der Waals surface area contributed by atoms with Gasteiger partial charge in [-0.2, -0.15) is 0 Å². The van der Waals surface area contributed by atoms with Crippen molar-refractivity contribution >= 4 is 34.8 Å². The normalized spacial score (nSPS) is 10.5. The monoisotopic (exact) mass is 454 g/mol. The fraction of sp³-hybridized carbons (Fsp3) is 0.0714. The van der Waals surface area contributed by atoms with E-state index in [1.165, 1.54) is 0 Å². The van der Waals surface area contributed by atoms with Crippen LogP contribution in [0.5, 0.6) is 0 Å². The molecule has 0 aliphatic heterocycles. The first-order chi connectivity index (χ1) is 15.9. The highest BCUT2D eigenvalue weighted by atomic mass is 35.5. The summed E-state index contributed by atoms with van der Waals surface area (Å²) < 4.78 is 0. The fourth-order valence-electron chi connectivity index (χ4n) is 3.54. The maximum atomic E-state index is 13.0. The molecular weight excluding hydrogens is 432 g/mol. The zero-order valence-electron chi connectivity index (χ0n) is 18.4. The minimum atomic E-state index is -0.205. The Hall–Kier alpha value is -3.89. The molecule has 164 valence electrons. The topological polar surface area (TPSA) is 49.4 Å². The van der Waals surface area contributed by atoms with Crippen LogP contribution in [0.25, 0.3) is 11.1 Å². The average molecular weight is 455 g/mol. The van der Waals surface area contributed by atoms with Crippen LogP contribution in [0.1, 0.15) is 26.3 Å². The molecule has 0 fully saturated rings. The predicted molar refractivity (Wildman–Crippen MR) is 135 cm³/mol. The van der Waals surface area contributed by atoms with Crippen LogP contribution in [0.3, 0.4) is 0 Å². The Morgan fingerprint density at radius 3 is 2.09 bits per heavy atom. The Kier molecular flexibility index (Phi) is 6.57. The molecule has 0 atom stereocenters. The number of hydrogen-bond acceptors (Lipinski definition) is 2. The number of nitrogens with one attached hydrogen (secondary N) is 1. The molecule has 4 aromatic carbocycles. The van der Waals surface area contributed by atoms with E-state index < -0.39 is 0 Å². The van der Waals surface area contributed by atoms with E-state index in [1.807, 2.05) is 55.5 Å². The van der Waals surface area contributed by atoms with Crippen molar-refractivity contribution in [3.8, 4) is 11.1 Å². The van der Waals surface area contributed by atoms with Crippen molar-refractivity contribution in [1.82, 2.24) is 0 Å². The standard InChI is InChI=1S/C28H23ClN2O2/c1-19-7-9-20(10-8-19)25-5-3-4-6-26(25)27(32)30-23-15-11-21(12-16-23)28(33)31(2)24-17-13-22(29)14-18-24/h3-18H,1-2H3,(H,30,32). The van der Waals surface area contributed by atoms with Gasteiger partial charge in [-0.3, -0.25) is 9.59 Å².